The first-order valence-corrected chi connectivity index (χ1v) is 48.1. The highest BCUT2D eigenvalue weighted by atomic mass is 19.1. The van der Waals surface area contributed by atoms with Crippen LogP contribution in [0.3, 0.4) is 0 Å². The summed E-state index contributed by atoms with van der Waals surface area (Å²) >= 11 is 0. The average Bonchev–Trinajstić information content (AvgIpc) is 1.61. The standard InChI is InChI=1S/2C25H33FN8O2.C24H29FN8O2.C24H31FN8O2/c2*1-14-7-8-15(12-32(14)16-11-28-33(13-16)24(2,3)25(4,5)35)21-30-22-17-9-18(26)20(36-6)10-19(17)29-23(27)34(22)31-21;1-14-3-4-15(12-31(14)17-11-27-32(13-17)16-5-7-35-8-6-16)22-29-23-18-9-19(25)21(34-2)10-20(18)28-24(26)33(23)30-22;1-13-6-7-15(10-32(13)19-11-31(29-14(19)2)12-24(3,4)34)21-28-22-16-8-17(25)20(35-5)9-18(16)27-23(26)33(22)30-21/h2*9-11,13-15,35H,7-8,12H2,1-6H3,(H2,27,29);9-11,13-16H,3-8,12H2,1-2H3,(H2,26,28);8-9,11,13,15,34H,6-7,10,12H2,1-5H3,(H2,26,27)/t3*14-,15+;13-,15+/m1010/s1. The Morgan fingerprint density at radius 3 is 0.979 bits per heavy atom. The van der Waals surface area contributed by atoms with Crippen molar-refractivity contribution in [1.29, 1.82) is 0 Å². The monoisotopic (exact) mass is 1960 g/mol. The molecule has 8 atom stereocenters. The molecule has 0 radical (unpaired) electrons. The highest BCUT2D eigenvalue weighted by Crippen LogP contribution is 2.44. The van der Waals surface area contributed by atoms with Crippen molar-refractivity contribution < 1.29 is 56.6 Å². The summed E-state index contributed by atoms with van der Waals surface area (Å²) in [4.78, 5) is 46.0. The molecule has 142 heavy (non-hydrogen) atoms. The van der Waals surface area contributed by atoms with E-state index in [2.05, 4.69) is 114 Å². The molecule has 44 heteroatoms. The molecule has 16 aromatic rings. The van der Waals surface area contributed by atoms with Crippen LogP contribution in [-0.4, -0.2) is 242 Å². The second kappa shape index (κ2) is 37.9. The van der Waals surface area contributed by atoms with Crippen molar-refractivity contribution in [3.05, 3.63) is 144 Å². The maximum absolute atomic E-state index is 14.5. The summed E-state index contributed by atoms with van der Waals surface area (Å²) < 4.78 is 97.2. The second-order valence-corrected chi connectivity index (χ2v) is 41.0. The van der Waals surface area contributed by atoms with Crippen molar-refractivity contribution >= 4 is 113 Å². The van der Waals surface area contributed by atoms with Gasteiger partial charge in [0.25, 0.3) is 0 Å². The smallest absolute Gasteiger partial charge is 0.223 e. The van der Waals surface area contributed by atoms with Gasteiger partial charge in [-0.3, -0.25) is 18.7 Å². The Balaban J connectivity index is 0.000000125. The van der Waals surface area contributed by atoms with Crippen LogP contribution in [0, 0.1) is 30.2 Å². The van der Waals surface area contributed by atoms with Crippen molar-refractivity contribution in [2.45, 2.75) is 256 Å². The predicted octanol–water partition coefficient (Wildman–Crippen LogP) is 13.3. The lowest BCUT2D eigenvalue weighted by Gasteiger charge is -2.39. The Kier molecular flexibility index (Phi) is 26.2. The largest absolute Gasteiger partial charge is 0.494 e. The van der Waals surface area contributed by atoms with Crippen LogP contribution in [0.4, 0.5) is 64.1 Å². The van der Waals surface area contributed by atoms with E-state index >= 15 is 0 Å². The van der Waals surface area contributed by atoms with Crippen molar-refractivity contribution in [1.82, 2.24) is 117 Å². The number of aliphatic hydroxyl groups is 3. The zero-order valence-corrected chi connectivity index (χ0v) is 83.6. The summed E-state index contributed by atoms with van der Waals surface area (Å²) in [5.74, 6) is 2.11. The minimum absolute atomic E-state index is 0.0456. The van der Waals surface area contributed by atoms with Crippen LogP contribution in [0.2, 0.25) is 0 Å². The Morgan fingerprint density at radius 2 is 0.676 bits per heavy atom. The van der Waals surface area contributed by atoms with Gasteiger partial charge in [0.2, 0.25) is 23.8 Å². The van der Waals surface area contributed by atoms with E-state index in [0.717, 1.165) is 112 Å². The lowest BCUT2D eigenvalue weighted by molar-refractivity contribution is -0.0325. The molecule has 21 rings (SSSR count). The minimum Gasteiger partial charge on any atom is -0.494 e. The topological polar surface area (TPSA) is 467 Å². The van der Waals surface area contributed by atoms with Gasteiger partial charge in [0, 0.05) is 158 Å². The van der Waals surface area contributed by atoms with Crippen LogP contribution in [0.25, 0.3) is 66.2 Å². The number of ether oxygens (including phenoxy) is 5. The van der Waals surface area contributed by atoms with Crippen molar-refractivity contribution in [3.8, 4) is 23.0 Å². The molecule has 0 spiro atoms. The highest BCUT2D eigenvalue weighted by molar-refractivity contribution is 5.96. The van der Waals surface area contributed by atoms with Crippen LogP contribution in [0.5, 0.6) is 23.0 Å². The summed E-state index contributed by atoms with van der Waals surface area (Å²) in [6.07, 6.45) is 23.3. The van der Waals surface area contributed by atoms with Gasteiger partial charge in [-0.05, 0) is 192 Å². The molecule has 5 aliphatic heterocycles. The van der Waals surface area contributed by atoms with Crippen LogP contribution >= 0.6 is 0 Å². The van der Waals surface area contributed by atoms with E-state index in [-0.39, 0.29) is 70.5 Å². The van der Waals surface area contributed by atoms with Gasteiger partial charge in [-0.1, -0.05) is 0 Å². The number of hydrogen-bond donors (Lipinski definition) is 7. The number of fused-ring (bicyclic) bond motifs is 12. The number of methoxy groups -OCH3 is 4. The number of benzene rings is 4. The Hall–Kier alpha value is -13.9. The fraction of sp³-hybridized carbons (Fsp3) is 0.510. The van der Waals surface area contributed by atoms with E-state index in [0.29, 0.717) is 146 Å². The molecule has 4 aromatic carbocycles. The van der Waals surface area contributed by atoms with Crippen LogP contribution in [0.1, 0.15) is 220 Å². The second-order valence-electron chi connectivity index (χ2n) is 41.0. The van der Waals surface area contributed by atoms with Gasteiger partial charge < -0.3 is 81.5 Å². The molecule has 0 amide bonds. The molecule has 5 aliphatic rings. The Morgan fingerprint density at radius 1 is 0.380 bits per heavy atom. The summed E-state index contributed by atoms with van der Waals surface area (Å²) in [6, 6.07) is 13.3. The SMILES string of the molecule is COc1cc2nc(N)n3nc([C@@H]4CC[C@H](C)N(c5cn(CC(C)(C)O)nc5C)C4)nc3c2cc1F.COc1cc2nc(N)n3nc([C@@H]4CC[C@H](C)N(c5cnn(C(C)(C)C(C)(C)O)c5)C4)nc3c2cc1F.COc1cc2nc(N)n3nc([C@H]4CC[C@@H](C)N(c5cnn(C(C)(C)C(C)(C)O)c5)C4)nc3c2cc1F.COc1cc2nc(N)n3nc([C@H]4CC[C@@H](C)N(c5cnn(C6CCOCC6)c5)C4)nc3c2cc1F. The number of piperidine rings is 4. The number of anilines is 8. The molecular weight excluding hydrogens is 1830 g/mol. The summed E-state index contributed by atoms with van der Waals surface area (Å²) in [7, 11) is 5.65. The van der Waals surface area contributed by atoms with Gasteiger partial charge >= 0.3 is 0 Å². The maximum Gasteiger partial charge on any atom is 0.223 e. The molecule has 5 saturated heterocycles. The molecule has 5 fully saturated rings. The lowest BCUT2D eigenvalue weighted by Crippen LogP contribution is -2.47. The molecule has 0 aliphatic carbocycles. The summed E-state index contributed by atoms with van der Waals surface area (Å²) in [6.45, 7) is 34.2. The molecular formula is C98H126F4N32O8. The number of rotatable bonds is 19. The molecule has 0 bridgehead atoms. The quantitative estimate of drug-likeness (QED) is 0.0370. The zero-order valence-electron chi connectivity index (χ0n) is 83.6. The van der Waals surface area contributed by atoms with Crippen LogP contribution in [-0.2, 0) is 22.4 Å². The number of nitrogens with two attached hydrogens (primary N) is 4. The number of nitrogens with zero attached hydrogens (tertiary/aromatic N) is 28. The highest BCUT2D eigenvalue weighted by Gasteiger charge is 2.43. The third kappa shape index (κ3) is 18.8. The van der Waals surface area contributed by atoms with Gasteiger partial charge in [0.1, 0.15) is 0 Å². The van der Waals surface area contributed by atoms with Crippen molar-refractivity contribution in [3.63, 3.8) is 0 Å². The van der Waals surface area contributed by atoms with E-state index in [1.165, 1.54) is 95.0 Å². The zero-order chi connectivity index (χ0) is 101. The number of aromatic nitrogens is 24. The molecule has 12 aromatic heterocycles. The van der Waals surface area contributed by atoms with Gasteiger partial charge in [-0.2, -0.15) is 38.5 Å². The first-order chi connectivity index (χ1) is 67.3. The summed E-state index contributed by atoms with van der Waals surface area (Å²) in [5, 5.41) is 70.7. The van der Waals surface area contributed by atoms with E-state index in [1.54, 1.807) is 46.2 Å². The van der Waals surface area contributed by atoms with Crippen molar-refractivity contribution in [2.24, 2.45) is 0 Å². The number of aryl methyl sites for hydroxylation is 1. The van der Waals surface area contributed by atoms with Crippen LogP contribution < -0.4 is 61.5 Å². The number of halogens is 4. The Bertz CT molecular complexity index is 7160. The predicted molar refractivity (Wildman–Crippen MR) is 532 cm³/mol. The third-order valence-electron chi connectivity index (χ3n) is 29.5. The van der Waals surface area contributed by atoms with Crippen molar-refractivity contribution in [2.75, 3.05) is 110 Å². The minimum atomic E-state index is -0.951. The number of nitrogen functional groups attached to an aromatic ring is 4. The first-order valence-electron chi connectivity index (χ1n) is 48.1. The first kappa shape index (κ1) is 98.3. The van der Waals surface area contributed by atoms with E-state index in [1.807, 2.05) is 81.2 Å². The summed E-state index contributed by atoms with van der Waals surface area (Å²) in [5.41, 5.74) is 29.8. The Labute approximate surface area is 816 Å². The van der Waals surface area contributed by atoms with Crippen LogP contribution in [0.15, 0.2) is 91.9 Å². The van der Waals surface area contributed by atoms with Gasteiger partial charge in [-0.25, -0.2) is 57.4 Å². The average molecular weight is 1960 g/mol. The van der Waals surface area contributed by atoms with E-state index in [9.17, 15) is 32.9 Å². The fourth-order valence-corrected chi connectivity index (χ4v) is 19.6. The van der Waals surface area contributed by atoms with E-state index in [4.69, 9.17) is 71.7 Å². The number of hydrogen-bond acceptors (Lipinski definition) is 32. The molecule has 11 N–H and O–H groups in total. The molecule has 0 saturated carbocycles. The molecule has 754 valence electrons. The van der Waals surface area contributed by atoms with E-state index < -0.39 is 51.1 Å². The third-order valence-corrected chi connectivity index (χ3v) is 29.5. The fourth-order valence-electron chi connectivity index (χ4n) is 19.6. The molecule has 17 heterocycles. The molecule has 0 unspecified atom stereocenters. The van der Waals surface area contributed by atoms with Gasteiger partial charge in [0.15, 0.2) is 92.2 Å². The maximum atomic E-state index is 14.5. The van der Waals surface area contributed by atoms with Gasteiger partial charge in [0.05, 0.1) is 138 Å². The van der Waals surface area contributed by atoms with Gasteiger partial charge in [-0.15, -0.1) is 20.4 Å². The lowest BCUT2D eigenvalue weighted by atomic mass is 9.86. The molecule has 40 nitrogen and oxygen atoms in total. The normalized spacial score (nSPS) is 19.9.